The minimum absolute atomic E-state index is 0.0778. The minimum Gasteiger partial charge on any atom is -0.501 e. The van der Waals surface area contributed by atoms with E-state index in [0.29, 0.717) is 6.54 Å². The summed E-state index contributed by atoms with van der Waals surface area (Å²) in [7, 11) is 0. The first kappa shape index (κ1) is 12.8. The van der Waals surface area contributed by atoms with Gasteiger partial charge < -0.3 is 5.11 Å². The zero-order chi connectivity index (χ0) is 10.3. The van der Waals surface area contributed by atoms with Crippen LogP contribution in [0, 0.1) is 0 Å². The van der Waals surface area contributed by atoms with Crippen LogP contribution in [0.1, 0.15) is 20.8 Å². The number of likely N-dealkylation sites (N-methyl/N-ethyl adjacent to an activating group) is 1. The largest absolute Gasteiger partial charge is 0.501 e. The highest BCUT2D eigenvalue weighted by molar-refractivity contribution is 7.80. The predicted octanol–water partition coefficient (Wildman–Crippen LogP) is 1.49. The molecule has 0 saturated heterocycles. The Morgan fingerprint density at radius 2 is 1.54 bits per heavy atom. The Morgan fingerprint density at radius 1 is 1.08 bits per heavy atom. The fraction of sp³-hybridized carbons (Fsp3) is 0.889. The highest BCUT2D eigenvalue weighted by Gasteiger charge is 2.07. The van der Waals surface area contributed by atoms with Gasteiger partial charge in [-0.25, -0.2) is 0 Å². The van der Waals surface area contributed by atoms with Gasteiger partial charge in [0.1, 0.15) is 0 Å². The Bertz CT molecular complexity index is 149. The van der Waals surface area contributed by atoms with Crippen molar-refractivity contribution in [1.29, 1.82) is 0 Å². The summed E-state index contributed by atoms with van der Waals surface area (Å²) < 4.78 is 0. The number of hydrogen-bond acceptors (Lipinski definition) is 3. The predicted molar refractivity (Wildman–Crippen MR) is 60.3 cm³/mol. The lowest BCUT2D eigenvalue weighted by Crippen LogP contribution is -2.40. The van der Waals surface area contributed by atoms with E-state index < -0.39 is 0 Å². The lowest BCUT2D eigenvalue weighted by atomic mass is 10.5. The Morgan fingerprint density at radius 3 is 1.85 bits per heavy atom. The van der Waals surface area contributed by atoms with E-state index in [0.717, 1.165) is 26.3 Å². The first-order valence-corrected chi connectivity index (χ1v) is 5.21. The molecule has 0 aromatic carbocycles. The van der Waals surface area contributed by atoms with E-state index in [1.54, 1.807) is 0 Å². The maximum absolute atomic E-state index is 8.98. The van der Waals surface area contributed by atoms with Gasteiger partial charge in [0.25, 0.3) is 0 Å². The Kier molecular flexibility index (Phi) is 7.13. The molecular formula is C9H20N2OS. The second-order valence-corrected chi connectivity index (χ2v) is 3.45. The smallest absolute Gasteiger partial charge is 0.171 e. The summed E-state index contributed by atoms with van der Waals surface area (Å²) in [5.74, 6) is 0. The normalized spacial score (nSPS) is 11.2. The van der Waals surface area contributed by atoms with Crippen molar-refractivity contribution in [2.75, 3.05) is 32.8 Å². The summed E-state index contributed by atoms with van der Waals surface area (Å²) in [6.45, 7) is 10.7. The molecule has 0 saturated carbocycles. The van der Waals surface area contributed by atoms with Gasteiger partial charge >= 0.3 is 0 Å². The summed E-state index contributed by atoms with van der Waals surface area (Å²) >= 11 is 4.66. The molecule has 0 aliphatic rings. The van der Waals surface area contributed by atoms with Gasteiger partial charge in [0, 0.05) is 0 Å². The van der Waals surface area contributed by atoms with Crippen LogP contribution in [-0.4, -0.2) is 52.8 Å². The summed E-state index contributed by atoms with van der Waals surface area (Å²) in [6, 6.07) is 0. The molecular weight excluding hydrogens is 184 g/mol. The number of hydrogen-bond donors (Lipinski definition) is 1. The zero-order valence-electron chi connectivity index (χ0n) is 8.79. The fourth-order valence-electron chi connectivity index (χ4n) is 1.16. The van der Waals surface area contributed by atoms with Crippen LogP contribution in [0.5, 0.6) is 0 Å². The first-order chi connectivity index (χ1) is 6.13. The van der Waals surface area contributed by atoms with Crippen molar-refractivity contribution in [3.05, 3.63) is 0 Å². The lowest BCUT2D eigenvalue weighted by Gasteiger charge is -2.27. The van der Waals surface area contributed by atoms with Crippen molar-refractivity contribution in [3.63, 3.8) is 0 Å². The van der Waals surface area contributed by atoms with Gasteiger partial charge in [-0.3, -0.25) is 9.80 Å². The average molecular weight is 204 g/mol. The third-order valence-corrected chi connectivity index (χ3v) is 2.23. The molecule has 0 bridgehead atoms. The molecule has 0 radical (unpaired) electrons. The van der Waals surface area contributed by atoms with Gasteiger partial charge in [-0.05, 0) is 31.9 Å². The molecule has 0 aliphatic carbocycles. The molecule has 0 aromatic heterocycles. The molecule has 3 nitrogen and oxygen atoms in total. The van der Waals surface area contributed by atoms with Gasteiger partial charge in [-0.1, -0.05) is 20.8 Å². The van der Waals surface area contributed by atoms with E-state index in [1.165, 1.54) is 0 Å². The molecule has 0 heterocycles. The van der Waals surface area contributed by atoms with Crippen LogP contribution < -0.4 is 0 Å². The SMILES string of the molecule is CCN(CC)CN(CC)CC(O)=S. The number of nitrogens with zero attached hydrogens (tertiary/aromatic N) is 2. The molecule has 0 aliphatic heterocycles. The summed E-state index contributed by atoms with van der Waals surface area (Å²) in [5, 5.41) is 9.06. The van der Waals surface area contributed by atoms with Crippen molar-refractivity contribution < 1.29 is 5.11 Å². The van der Waals surface area contributed by atoms with Crippen molar-refractivity contribution in [2.45, 2.75) is 20.8 Å². The van der Waals surface area contributed by atoms with Gasteiger partial charge in [-0.2, -0.15) is 0 Å². The number of thiocarbonyl (C=S) groups is 1. The third kappa shape index (κ3) is 5.96. The van der Waals surface area contributed by atoms with Crippen LogP contribution in [-0.2, 0) is 0 Å². The Hall–Kier alpha value is -0.190. The molecule has 0 amide bonds. The minimum atomic E-state index is 0.0778. The molecule has 13 heavy (non-hydrogen) atoms. The van der Waals surface area contributed by atoms with Crippen LogP contribution in [0.3, 0.4) is 0 Å². The highest BCUT2D eigenvalue weighted by atomic mass is 32.1. The van der Waals surface area contributed by atoms with Crippen LogP contribution in [0.2, 0.25) is 0 Å². The topological polar surface area (TPSA) is 26.7 Å². The van der Waals surface area contributed by atoms with E-state index in [2.05, 4.69) is 42.8 Å². The van der Waals surface area contributed by atoms with Gasteiger partial charge in [0.2, 0.25) is 0 Å². The average Bonchev–Trinajstić information content (AvgIpc) is 2.11. The van der Waals surface area contributed by atoms with Crippen molar-refractivity contribution in [2.24, 2.45) is 0 Å². The van der Waals surface area contributed by atoms with Crippen LogP contribution in [0.4, 0.5) is 0 Å². The van der Waals surface area contributed by atoms with Crippen molar-refractivity contribution in [1.82, 2.24) is 9.80 Å². The van der Waals surface area contributed by atoms with E-state index in [4.69, 9.17) is 5.11 Å². The van der Waals surface area contributed by atoms with Gasteiger partial charge in [0.05, 0.1) is 13.2 Å². The Labute approximate surface area is 86.3 Å². The molecule has 0 atom stereocenters. The van der Waals surface area contributed by atoms with E-state index in [9.17, 15) is 0 Å². The quantitative estimate of drug-likeness (QED) is 0.502. The maximum Gasteiger partial charge on any atom is 0.171 e. The molecule has 0 aromatic rings. The molecule has 4 heteroatoms. The van der Waals surface area contributed by atoms with Crippen LogP contribution in [0.25, 0.3) is 0 Å². The summed E-state index contributed by atoms with van der Waals surface area (Å²) in [6.07, 6.45) is 0. The number of aliphatic hydroxyl groups is 1. The van der Waals surface area contributed by atoms with E-state index in [1.807, 2.05) is 0 Å². The zero-order valence-corrected chi connectivity index (χ0v) is 9.60. The second-order valence-electron chi connectivity index (χ2n) is 2.98. The van der Waals surface area contributed by atoms with Crippen LogP contribution in [0.15, 0.2) is 0 Å². The number of rotatable bonds is 7. The third-order valence-electron chi connectivity index (χ3n) is 2.10. The molecule has 0 rings (SSSR count). The van der Waals surface area contributed by atoms with Crippen molar-refractivity contribution in [3.8, 4) is 0 Å². The fourth-order valence-corrected chi connectivity index (χ4v) is 1.34. The summed E-state index contributed by atoms with van der Waals surface area (Å²) in [4.78, 5) is 4.41. The van der Waals surface area contributed by atoms with Crippen LogP contribution >= 0.6 is 12.2 Å². The Balaban J connectivity index is 3.87. The van der Waals surface area contributed by atoms with E-state index >= 15 is 0 Å². The van der Waals surface area contributed by atoms with E-state index in [-0.39, 0.29) is 5.05 Å². The monoisotopic (exact) mass is 204 g/mol. The van der Waals surface area contributed by atoms with Crippen molar-refractivity contribution >= 4 is 17.3 Å². The highest BCUT2D eigenvalue weighted by Crippen LogP contribution is 1.94. The maximum atomic E-state index is 8.98. The molecule has 0 fully saturated rings. The van der Waals surface area contributed by atoms with Gasteiger partial charge in [0.15, 0.2) is 5.05 Å². The number of aliphatic hydroxyl groups excluding tert-OH is 1. The second kappa shape index (κ2) is 7.24. The van der Waals surface area contributed by atoms with Gasteiger partial charge in [-0.15, -0.1) is 0 Å². The standard InChI is InChI=1S/C9H20N2OS/c1-4-10(5-2)8-11(6-3)7-9(12)13/h4-8H2,1-3H3,(H,12,13). The first-order valence-electron chi connectivity index (χ1n) is 4.80. The lowest BCUT2D eigenvalue weighted by molar-refractivity contribution is 0.159. The molecule has 78 valence electrons. The summed E-state index contributed by atoms with van der Waals surface area (Å²) in [5.41, 5.74) is 0. The molecule has 1 N–H and O–H groups in total. The molecule has 0 unspecified atom stereocenters. The molecule has 0 spiro atoms.